The number of aromatic nitrogens is 6. The van der Waals surface area contributed by atoms with Crippen LogP contribution < -0.4 is 5.32 Å². The number of anilines is 1. The van der Waals surface area contributed by atoms with E-state index in [-0.39, 0.29) is 17.3 Å². The number of amides is 1. The second kappa shape index (κ2) is 8.91. The highest BCUT2D eigenvalue weighted by Gasteiger charge is 2.31. The van der Waals surface area contributed by atoms with Gasteiger partial charge in [-0.15, -0.1) is 0 Å². The number of rotatable bonds is 5. The van der Waals surface area contributed by atoms with Crippen molar-refractivity contribution >= 4 is 22.6 Å². The molecule has 36 heavy (non-hydrogen) atoms. The Hall–Kier alpha value is -4.54. The highest BCUT2D eigenvalue weighted by molar-refractivity contribution is 6.05. The molecule has 0 atom stereocenters. The third kappa shape index (κ3) is 4.30. The molecule has 0 spiro atoms. The van der Waals surface area contributed by atoms with Gasteiger partial charge in [-0.2, -0.15) is 18.3 Å². The standard InChI is InChI=1S/C25H20F3N7O/c1-15(2)23-18(13-32-35(23)22-9-7-16(11-29-22)25(26,27)28)24(36)33-17-8-10-21(30-12-17)34-14-31-19-5-3-4-6-20(19)34/h3-15H,1-2H3,(H,33,36). The number of pyridine rings is 2. The predicted octanol–water partition coefficient (Wildman–Crippen LogP) is 5.40. The third-order valence-electron chi connectivity index (χ3n) is 5.60. The first-order chi connectivity index (χ1) is 17.2. The molecule has 5 aromatic rings. The SMILES string of the molecule is CC(C)c1c(C(=O)Nc2ccc(-n3cnc4ccccc43)nc2)cnn1-c1ccc(C(F)(F)F)cn1. The lowest BCUT2D eigenvalue weighted by Gasteiger charge is -2.13. The van der Waals surface area contributed by atoms with Crippen LogP contribution >= 0.6 is 0 Å². The van der Waals surface area contributed by atoms with E-state index in [2.05, 4.69) is 25.4 Å². The monoisotopic (exact) mass is 491 g/mol. The average molecular weight is 491 g/mol. The molecule has 1 N–H and O–H groups in total. The fourth-order valence-corrected chi connectivity index (χ4v) is 3.89. The van der Waals surface area contributed by atoms with E-state index in [0.717, 1.165) is 23.3 Å². The zero-order valence-corrected chi connectivity index (χ0v) is 19.2. The number of hydrogen-bond acceptors (Lipinski definition) is 5. The number of hydrogen-bond donors (Lipinski definition) is 1. The number of nitrogens with zero attached hydrogens (tertiary/aromatic N) is 6. The molecule has 0 fully saturated rings. The molecule has 0 saturated heterocycles. The van der Waals surface area contributed by atoms with Crippen LogP contribution in [0.15, 0.2) is 73.4 Å². The number of halogens is 3. The molecular weight excluding hydrogens is 471 g/mol. The lowest BCUT2D eigenvalue weighted by atomic mass is 10.1. The first-order valence-electron chi connectivity index (χ1n) is 11.0. The summed E-state index contributed by atoms with van der Waals surface area (Å²) in [6.45, 7) is 3.72. The van der Waals surface area contributed by atoms with E-state index in [1.807, 2.05) is 42.7 Å². The van der Waals surface area contributed by atoms with Gasteiger partial charge in [0.1, 0.15) is 12.1 Å². The minimum absolute atomic E-state index is 0.160. The van der Waals surface area contributed by atoms with E-state index in [4.69, 9.17) is 0 Å². The van der Waals surface area contributed by atoms with E-state index in [1.54, 1.807) is 24.7 Å². The number of carbonyl (C=O) groups excluding carboxylic acids is 1. The quantitative estimate of drug-likeness (QED) is 0.356. The van der Waals surface area contributed by atoms with Crippen molar-refractivity contribution in [1.29, 1.82) is 0 Å². The predicted molar refractivity (Wildman–Crippen MR) is 127 cm³/mol. The van der Waals surface area contributed by atoms with Crippen LogP contribution in [-0.4, -0.2) is 35.2 Å². The zero-order chi connectivity index (χ0) is 25.4. The minimum atomic E-state index is -4.49. The number of benzene rings is 1. The summed E-state index contributed by atoms with van der Waals surface area (Å²) in [5, 5.41) is 7.03. The molecule has 0 aliphatic carbocycles. The van der Waals surface area contributed by atoms with Gasteiger partial charge in [0.05, 0.1) is 45.9 Å². The molecule has 182 valence electrons. The highest BCUT2D eigenvalue weighted by Crippen LogP contribution is 2.30. The second-order valence-corrected chi connectivity index (χ2v) is 8.38. The molecule has 4 heterocycles. The summed E-state index contributed by atoms with van der Waals surface area (Å²) in [6.07, 6.45) is 0.861. The van der Waals surface area contributed by atoms with E-state index in [1.165, 1.54) is 16.9 Å². The fraction of sp³-hybridized carbons (Fsp3) is 0.160. The Morgan fingerprint density at radius 1 is 0.917 bits per heavy atom. The summed E-state index contributed by atoms with van der Waals surface area (Å²) in [6, 6.07) is 13.3. The van der Waals surface area contributed by atoms with Gasteiger partial charge in [0.2, 0.25) is 0 Å². The Morgan fingerprint density at radius 3 is 2.33 bits per heavy atom. The average Bonchev–Trinajstić information content (AvgIpc) is 3.49. The number of para-hydroxylation sites is 2. The molecule has 8 nitrogen and oxygen atoms in total. The van der Waals surface area contributed by atoms with Gasteiger partial charge in [0.15, 0.2) is 5.82 Å². The highest BCUT2D eigenvalue weighted by atomic mass is 19.4. The van der Waals surface area contributed by atoms with Crippen LogP contribution in [0.3, 0.4) is 0 Å². The van der Waals surface area contributed by atoms with E-state index in [9.17, 15) is 18.0 Å². The van der Waals surface area contributed by atoms with Crippen molar-refractivity contribution in [1.82, 2.24) is 29.3 Å². The maximum atomic E-state index is 13.1. The molecule has 0 aliphatic rings. The van der Waals surface area contributed by atoms with E-state index < -0.39 is 17.6 Å². The molecule has 5 rings (SSSR count). The maximum Gasteiger partial charge on any atom is 0.417 e. The van der Waals surface area contributed by atoms with Gasteiger partial charge in [-0.1, -0.05) is 26.0 Å². The molecule has 0 radical (unpaired) electrons. The van der Waals surface area contributed by atoms with Crippen molar-refractivity contribution in [2.75, 3.05) is 5.32 Å². The lowest BCUT2D eigenvalue weighted by Crippen LogP contribution is -2.16. The van der Waals surface area contributed by atoms with Crippen molar-refractivity contribution in [2.45, 2.75) is 25.9 Å². The summed E-state index contributed by atoms with van der Waals surface area (Å²) in [5.41, 5.74) is 2.18. The largest absolute Gasteiger partial charge is 0.417 e. The molecule has 1 amide bonds. The maximum absolute atomic E-state index is 13.1. The smallest absolute Gasteiger partial charge is 0.320 e. The second-order valence-electron chi connectivity index (χ2n) is 8.38. The van der Waals surface area contributed by atoms with Gasteiger partial charge < -0.3 is 5.32 Å². The first kappa shape index (κ1) is 23.2. The molecule has 0 bridgehead atoms. The molecule has 1 aromatic carbocycles. The number of alkyl halides is 3. The number of imidazole rings is 1. The summed E-state index contributed by atoms with van der Waals surface area (Å²) >= 11 is 0. The van der Waals surface area contributed by atoms with Crippen LogP contribution in [0.25, 0.3) is 22.7 Å². The number of fused-ring (bicyclic) bond motifs is 1. The number of nitrogens with one attached hydrogen (secondary N) is 1. The topological polar surface area (TPSA) is 90.5 Å². The van der Waals surface area contributed by atoms with Gasteiger partial charge in [-0.25, -0.2) is 19.6 Å². The Kier molecular flexibility index (Phi) is 5.75. The van der Waals surface area contributed by atoms with Crippen LogP contribution in [0.1, 0.15) is 41.4 Å². The van der Waals surface area contributed by atoms with Gasteiger partial charge in [0, 0.05) is 6.20 Å². The summed E-state index contributed by atoms with van der Waals surface area (Å²) < 4.78 is 41.9. The molecular formula is C25H20F3N7O. The fourth-order valence-electron chi connectivity index (χ4n) is 3.89. The van der Waals surface area contributed by atoms with E-state index in [0.29, 0.717) is 17.2 Å². The van der Waals surface area contributed by atoms with Crippen molar-refractivity contribution < 1.29 is 18.0 Å². The summed E-state index contributed by atoms with van der Waals surface area (Å²) in [5.74, 6) is 0.252. The van der Waals surface area contributed by atoms with Crippen LogP contribution in [-0.2, 0) is 6.18 Å². The normalized spacial score (nSPS) is 11.8. The van der Waals surface area contributed by atoms with Crippen molar-refractivity contribution in [3.63, 3.8) is 0 Å². The Morgan fingerprint density at radius 2 is 1.67 bits per heavy atom. The molecule has 0 saturated carbocycles. The molecule has 0 unspecified atom stereocenters. The molecule has 4 aromatic heterocycles. The first-order valence-corrected chi connectivity index (χ1v) is 11.0. The van der Waals surface area contributed by atoms with Crippen molar-refractivity contribution in [3.8, 4) is 11.6 Å². The summed E-state index contributed by atoms with van der Waals surface area (Å²) in [4.78, 5) is 25.8. The van der Waals surface area contributed by atoms with Crippen LogP contribution in [0.5, 0.6) is 0 Å². The molecule has 11 heteroatoms. The van der Waals surface area contributed by atoms with Gasteiger partial charge in [0.25, 0.3) is 5.91 Å². The zero-order valence-electron chi connectivity index (χ0n) is 19.2. The van der Waals surface area contributed by atoms with Gasteiger partial charge in [-0.05, 0) is 42.3 Å². The Bertz CT molecular complexity index is 1530. The van der Waals surface area contributed by atoms with Gasteiger partial charge >= 0.3 is 6.18 Å². The minimum Gasteiger partial charge on any atom is -0.320 e. The van der Waals surface area contributed by atoms with Crippen LogP contribution in [0, 0.1) is 0 Å². The Labute approximate surface area is 203 Å². The van der Waals surface area contributed by atoms with Crippen molar-refractivity contribution in [3.05, 3.63) is 90.3 Å². The van der Waals surface area contributed by atoms with Crippen LogP contribution in [0.4, 0.5) is 18.9 Å². The van der Waals surface area contributed by atoms with Crippen molar-refractivity contribution in [2.24, 2.45) is 0 Å². The Balaban J connectivity index is 1.39. The third-order valence-corrected chi connectivity index (χ3v) is 5.60. The van der Waals surface area contributed by atoms with Gasteiger partial charge in [-0.3, -0.25) is 9.36 Å². The lowest BCUT2D eigenvalue weighted by molar-refractivity contribution is -0.137. The van der Waals surface area contributed by atoms with E-state index >= 15 is 0 Å². The number of carbonyl (C=O) groups is 1. The summed E-state index contributed by atoms with van der Waals surface area (Å²) in [7, 11) is 0. The molecule has 0 aliphatic heterocycles. The van der Waals surface area contributed by atoms with Crippen LogP contribution in [0.2, 0.25) is 0 Å².